The molecule has 3 heterocycles. The van der Waals surface area contributed by atoms with Crippen molar-refractivity contribution in [1.29, 1.82) is 0 Å². The van der Waals surface area contributed by atoms with Crippen LogP contribution < -0.4 is 4.90 Å². The van der Waals surface area contributed by atoms with Crippen molar-refractivity contribution in [3.05, 3.63) is 35.5 Å². The van der Waals surface area contributed by atoms with Gasteiger partial charge < -0.3 is 14.6 Å². The van der Waals surface area contributed by atoms with E-state index in [2.05, 4.69) is 25.4 Å². The number of halogens is 2. The molecule has 3 aromatic rings. The van der Waals surface area contributed by atoms with Gasteiger partial charge in [0.15, 0.2) is 0 Å². The van der Waals surface area contributed by atoms with E-state index in [4.69, 9.17) is 4.74 Å². The molecule has 1 atom stereocenters. The number of fused-ring (bicyclic) bond motifs is 1. The van der Waals surface area contributed by atoms with E-state index in [1.54, 1.807) is 10.9 Å². The zero-order valence-corrected chi connectivity index (χ0v) is 14.5. The van der Waals surface area contributed by atoms with Crippen molar-refractivity contribution in [1.82, 2.24) is 25.2 Å². The summed E-state index contributed by atoms with van der Waals surface area (Å²) >= 11 is 0. The van der Waals surface area contributed by atoms with Crippen LogP contribution in [-0.2, 0) is 17.7 Å². The Morgan fingerprint density at radius 2 is 2.23 bits per heavy atom. The predicted octanol–water partition coefficient (Wildman–Crippen LogP) is 2.29. The zero-order chi connectivity index (χ0) is 18.1. The average molecular weight is 362 g/mol. The Morgan fingerprint density at radius 1 is 1.35 bits per heavy atom. The maximum atomic E-state index is 14.1. The molecule has 1 N–H and O–H groups in total. The first-order chi connectivity index (χ1) is 12.7. The third kappa shape index (κ3) is 3.14. The molecule has 1 aliphatic rings. The van der Waals surface area contributed by atoms with E-state index in [1.165, 1.54) is 6.07 Å². The second kappa shape index (κ2) is 6.99. The fourth-order valence-electron chi connectivity index (χ4n) is 3.53. The van der Waals surface area contributed by atoms with E-state index in [0.717, 1.165) is 31.1 Å². The lowest BCUT2D eigenvalue weighted by atomic mass is 10.1. The summed E-state index contributed by atoms with van der Waals surface area (Å²) in [7, 11) is 0. The lowest BCUT2D eigenvalue weighted by molar-refractivity contribution is 0.0787. The average Bonchev–Trinajstić information content (AvgIpc) is 3.31. The molecule has 0 aliphatic carbocycles. The molecule has 1 saturated heterocycles. The number of aryl methyl sites for hydroxylation is 2. The minimum absolute atomic E-state index is 0.197. The number of hydrogen-bond donors (Lipinski definition) is 1. The first-order valence-electron chi connectivity index (χ1n) is 8.73. The molecule has 0 bridgehead atoms. The maximum absolute atomic E-state index is 14.1. The second-order valence-corrected chi connectivity index (χ2v) is 6.39. The number of rotatable bonds is 6. The molecule has 2 aromatic heterocycles. The van der Waals surface area contributed by atoms with E-state index in [9.17, 15) is 8.78 Å². The van der Waals surface area contributed by atoms with E-state index < -0.39 is 11.6 Å². The molecule has 0 saturated carbocycles. The molecule has 26 heavy (non-hydrogen) atoms. The van der Waals surface area contributed by atoms with Crippen molar-refractivity contribution in [2.45, 2.75) is 32.4 Å². The highest BCUT2D eigenvalue weighted by molar-refractivity contribution is 5.83. The molecule has 1 aromatic carbocycles. The number of anilines is 1. The largest absolute Gasteiger partial charge is 0.377 e. The topological polar surface area (TPSA) is 71.9 Å². The highest BCUT2D eigenvalue weighted by atomic mass is 19.1. The molecule has 1 aliphatic heterocycles. The van der Waals surface area contributed by atoms with Gasteiger partial charge in [0.25, 0.3) is 0 Å². The third-order valence-electron chi connectivity index (χ3n) is 4.71. The van der Waals surface area contributed by atoms with Crippen LogP contribution >= 0.6 is 0 Å². The van der Waals surface area contributed by atoms with Gasteiger partial charge in [0.2, 0.25) is 5.95 Å². The van der Waals surface area contributed by atoms with E-state index in [-0.39, 0.29) is 6.10 Å². The van der Waals surface area contributed by atoms with Crippen molar-refractivity contribution < 1.29 is 13.5 Å². The third-order valence-corrected chi connectivity index (χ3v) is 4.71. The number of H-pyrrole nitrogens is 1. The molecular weight excluding hydrogens is 342 g/mol. The summed E-state index contributed by atoms with van der Waals surface area (Å²) in [5.74, 6) is -0.463. The van der Waals surface area contributed by atoms with Crippen LogP contribution in [0.15, 0.2) is 18.3 Å². The Bertz CT molecular complexity index is 908. The Labute approximate surface area is 148 Å². The van der Waals surface area contributed by atoms with Gasteiger partial charge in [0, 0.05) is 37.3 Å². The van der Waals surface area contributed by atoms with Gasteiger partial charge in [0.05, 0.1) is 18.2 Å². The molecule has 4 rings (SSSR count). The molecule has 138 valence electrons. The monoisotopic (exact) mass is 362 g/mol. The fraction of sp³-hybridized carbons (Fsp3) is 0.471. The Morgan fingerprint density at radius 3 is 3.08 bits per heavy atom. The van der Waals surface area contributed by atoms with Gasteiger partial charge in [-0.2, -0.15) is 0 Å². The number of aromatic amines is 1. The minimum atomic E-state index is -0.593. The molecule has 0 unspecified atom stereocenters. The van der Waals surface area contributed by atoms with E-state index >= 15 is 0 Å². The Balaban J connectivity index is 1.49. The zero-order valence-electron chi connectivity index (χ0n) is 14.5. The van der Waals surface area contributed by atoms with Crippen LogP contribution in [0.4, 0.5) is 14.7 Å². The number of benzene rings is 1. The van der Waals surface area contributed by atoms with Gasteiger partial charge in [-0.1, -0.05) is 5.10 Å². The summed E-state index contributed by atoms with van der Waals surface area (Å²) < 4.78 is 34.8. The normalized spacial score (nSPS) is 17.5. The van der Waals surface area contributed by atoms with E-state index in [1.807, 2.05) is 6.92 Å². The molecule has 0 amide bonds. The van der Waals surface area contributed by atoms with Crippen LogP contribution in [-0.4, -0.2) is 51.0 Å². The highest BCUT2D eigenvalue weighted by Gasteiger charge is 2.26. The molecule has 7 nitrogen and oxygen atoms in total. The number of nitrogens with zero attached hydrogens (tertiary/aromatic N) is 5. The number of aromatic nitrogens is 5. The quantitative estimate of drug-likeness (QED) is 0.728. The van der Waals surface area contributed by atoms with Crippen molar-refractivity contribution in [2.24, 2.45) is 0 Å². The molecular formula is C17H20F2N6O. The van der Waals surface area contributed by atoms with Gasteiger partial charge in [-0.3, -0.25) is 0 Å². The fourth-order valence-corrected chi connectivity index (χ4v) is 3.53. The second-order valence-electron chi connectivity index (χ2n) is 6.39. The lowest BCUT2D eigenvalue weighted by Crippen LogP contribution is -2.26. The van der Waals surface area contributed by atoms with E-state index in [0.29, 0.717) is 36.4 Å². The summed E-state index contributed by atoms with van der Waals surface area (Å²) in [6.07, 6.45) is 3.38. The summed E-state index contributed by atoms with van der Waals surface area (Å²) in [4.78, 5) is 5.02. The van der Waals surface area contributed by atoms with Gasteiger partial charge in [-0.05, 0) is 41.8 Å². The molecule has 0 spiro atoms. The van der Waals surface area contributed by atoms with Crippen molar-refractivity contribution in [2.75, 3.05) is 24.6 Å². The van der Waals surface area contributed by atoms with Crippen LogP contribution in [0.5, 0.6) is 0 Å². The molecule has 9 heteroatoms. The van der Waals surface area contributed by atoms with Gasteiger partial charge in [-0.25, -0.2) is 13.5 Å². The molecule has 1 fully saturated rings. The SMILES string of the molecule is CCO[C@H]1CCN(c2nnnn2CCc2c[nH]c3cc(F)cc(F)c23)C1. The number of tetrazole rings is 1. The smallest absolute Gasteiger partial charge is 0.245 e. The first kappa shape index (κ1) is 16.9. The van der Waals surface area contributed by atoms with Gasteiger partial charge in [0.1, 0.15) is 11.6 Å². The summed E-state index contributed by atoms with van der Waals surface area (Å²) in [5.41, 5.74) is 1.22. The summed E-state index contributed by atoms with van der Waals surface area (Å²) in [6, 6.07) is 2.20. The van der Waals surface area contributed by atoms with Crippen molar-refractivity contribution in [3.8, 4) is 0 Å². The first-order valence-corrected chi connectivity index (χ1v) is 8.73. The van der Waals surface area contributed by atoms with Crippen molar-refractivity contribution in [3.63, 3.8) is 0 Å². The minimum Gasteiger partial charge on any atom is -0.377 e. The number of ether oxygens (including phenoxy) is 1. The standard InChI is InChI=1S/C17H20F2N6O/c1-2-26-13-4-5-24(10-13)17-21-22-23-25(17)6-3-11-9-20-15-8-12(18)7-14(19)16(11)15/h7-9,13,20H,2-6,10H2,1H3/t13-/m0/s1. The Hall–Kier alpha value is -2.55. The Kier molecular flexibility index (Phi) is 4.54. The predicted molar refractivity (Wildman–Crippen MR) is 92.0 cm³/mol. The highest BCUT2D eigenvalue weighted by Crippen LogP contribution is 2.24. The van der Waals surface area contributed by atoms with Gasteiger partial charge >= 0.3 is 0 Å². The maximum Gasteiger partial charge on any atom is 0.245 e. The van der Waals surface area contributed by atoms with Crippen LogP contribution in [0.1, 0.15) is 18.9 Å². The number of nitrogens with one attached hydrogen (secondary N) is 1. The van der Waals surface area contributed by atoms with Gasteiger partial charge in [-0.15, -0.1) is 0 Å². The van der Waals surface area contributed by atoms with Crippen LogP contribution in [0.3, 0.4) is 0 Å². The number of hydrogen-bond acceptors (Lipinski definition) is 5. The van der Waals surface area contributed by atoms with Crippen LogP contribution in [0.2, 0.25) is 0 Å². The lowest BCUT2D eigenvalue weighted by Gasteiger charge is -2.17. The summed E-state index contributed by atoms with van der Waals surface area (Å²) in [6.45, 7) is 4.78. The molecule has 0 radical (unpaired) electrons. The van der Waals surface area contributed by atoms with Crippen LogP contribution in [0.25, 0.3) is 10.9 Å². The van der Waals surface area contributed by atoms with Crippen LogP contribution in [0, 0.1) is 11.6 Å². The summed E-state index contributed by atoms with van der Waals surface area (Å²) in [5, 5.41) is 12.4. The van der Waals surface area contributed by atoms with Crippen molar-refractivity contribution >= 4 is 16.9 Å².